The fourth-order valence-corrected chi connectivity index (χ4v) is 6.39. The first-order chi connectivity index (χ1) is 13.3. The van der Waals surface area contributed by atoms with E-state index >= 15 is 0 Å². The predicted octanol–water partition coefficient (Wildman–Crippen LogP) is 5.79. The van der Waals surface area contributed by atoms with Crippen molar-refractivity contribution in [3.63, 3.8) is 0 Å². The molecule has 3 aromatic carbocycles. The summed E-state index contributed by atoms with van der Waals surface area (Å²) < 4.78 is 8.19. The van der Waals surface area contributed by atoms with Gasteiger partial charge < -0.3 is 0 Å². The van der Waals surface area contributed by atoms with Gasteiger partial charge in [-0.25, -0.2) is 0 Å². The number of rotatable bonds is 3. The number of hydrogen-bond donors (Lipinski definition) is 0. The fourth-order valence-electron chi connectivity index (χ4n) is 3.54. The van der Waals surface area contributed by atoms with Gasteiger partial charge in [-0.05, 0) is 0 Å². The van der Waals surface area contributed by atoms with E-state index in [1.54, 1.807) is 7.11 Å². The molecule has 0 fully saturated rings. The molecule has 0 bridgehead atoms. The van der Waals surface area contributed by atoms with Gasteiger partial charge in [0.2, 0.25) is 0 Å². The van der Waals surface area contributed by atoms with Crippen LogP contribution in [0.25, 0.3) is 41.7 Å². The molecule has 2 aromatic heterocycles. The Kier molecular flexibility index (Phi) is 4.05. The standard InChI is InChI=1S/C24H17NOSe/c1-26-17-13-11-16(12-14-17)18-6-4-7-19-20-8-5-9-21(24(20)27-23(18)19)22-10-2-3-15-25-22/h2-15H,1H3. The summed E-state index contributed by atoms with van der Waals surface area (Å²) in [7, 11) is 1.70. The second-order valence-corrected chi connectivity index (χ2v) is 8.55. The molecule has 3 heteroatoms. The van der Waals surface area contributed by atoms with Crippen molar-refractivity contribution in [2.75, 3.05) is 7.11 Å². The first-order valence-corrected chi connectivity index (χ1v) is 10.6. The Hall–Kier alpha value is -2.87. The molecule has 0 amide bonds. The third-order valence-corrected chi connectivity index (χ3v) is 7.57. The molecule has 5 rings (SSSR count). The minimum absolute atomic E-state index is 0.245. The van der Waals surface area contributed by atoms with Crippen LogP contribution in [0.1, 0.15) is 0 Å². The Labute approximate surface area is 163 Å². The van der Waals surface area contributed by atoms with Crippen molar-refractivity contribution in [2.45, 2.75) is 0 Å². The average molecular weight is 414 g/mol. The first kappa shape index (κ1) is 16.3. The van der Waals surface area contributed by atoms with Gasteiger partial charge in [0.05, 0.1) is 0 Å². The summed E-state index contributed by atoms with van der Waals surface area (Å²) in [4.78, 5) is 4.59. The molecule has 0 unspecified atom stereocenters. The van der Waals surface area contributed by atoms with Gasteiger partial charge in [-0.1, -0.05) is 0 Å². The number of nitrogens with zero attached hydrogens (tertiary/aromatic N) is 1. The van der Waals surface area contributed by atoms with Crippen molar-refractivity contribution in [2.24, 2.45) is 0 Å². The summed E-state index contributed by atoms with van der Waals surface area (Å²) in [5, 5.41) is 2.71. The fraction of sp³-hybridized carbons (Fsp3) is 0.0417. The summed E-state index contributed by atoms with van der Waals surface area (Å²) in [5.41, 5.74) is 4.86. The van der Waals surface area contributed by atoms with Crippen molar-refractivity contribution in [3.05, 3.63) is 85.1 Å². The molecular formula is C24H17NOSe. The molecule has 27 heavy (non-hydrogen) atoms. The van der Waals surface area contributed by atoms with Crippen LogP contribution >= 0.6 is 0 Å². The number of aromatic nitrogens is 1. The van der Waals surface area contributed by atoms with E-state index < -0.39 is 0 Å². The number of pyridine rings is 1. The number of benzene rings is 3. The van der Waals surface area contributed by atoms with Crippen LogP contribution in [0.5, 0.6) is 5.75 Å². The molecule has 130 valence electrons. The van der Waals surface area contributed by atoms with E-state index in [9.17, 15) is 0 Å². The van der Waals surface area contributed by atoms with Crippen LogP contribution in [-0.4, -0.2) is 26.6 Å². The van der Waals surface area contributed by atoms with Crippen LogP contribution in [0, 0.1) is 0 Å². The SMILES string of the molecule is COc1ccc(-c2cccc3c2[se]c2c(-c4ccccn4)cccc23)cc1. The average Bonchev–Trinajstić information content (AvgIpc) is 3.13. The van der Waals surface area contributed by atoms with E-state index in [0.29, 0.717) is 0 Å². The number of methoxy groups -OCH3 is 1. The maximum absolute atomic E-state index is 5.31. The Morgan fingerprint density at radius 1 is 0.704 bits per heavy atom. The first-order valence-electron chi connectivity index (χ1n) is 8.85. The maximum atomic E-state index is 5.31. The van der Waals surface area contributed by atoms with Crippen molar-refractivity contribution in [3.8, 4) is 28.1 Å². The van der Waals surface area contributed by atoms with Crippen LogP contribution < -0.4 is 4.74 Å². The van der Waals surface area contributed by atoms with Gasteiger partial charge in [-0.3, -0.25) is 0 Å². The van der Waals surface area contributed by atoms with Gasteiger partial charge in [0.15, 0.2) is 0 Å². The zero-order chi connectivity index (χ0) is 18.2. The van der Waals surface area contributed by atoms with Crippen molar-refractivity contribution in [1.29, 1.82) is 0 Å². The van der Waals surface area contributed by atoms with E-state index in [1.165, 1.54) is 36.0 Å². The van der Waals surface area contributed by atoms with E-state index in [2.05, 4.69) is 65.6 Å². The normalized spacial score (nSPS) is 11.1. The summed E-state index contributed by atoms with van der Waals surface area (Å²) in [6, 6.07) is 27.7. The van der Waals surface area contributed by atoms with Gasteiger partial charge in [0.1, 0.15) is 0 Å². The molecule has 0 aliphatic rings. The molecule has 0 atom stereocenters. The summed E-state index contributed by atoms with van der Waals surface area (Å²) in [5.74, 6) is 0.887. The Balaban J connectivity index is 1.78. The molecule has 0 saturated carbocycles. The molecule has 0 radical (unpaired) electrons. The van der Waals surface area contributed by atoms with E-state index in [1.807, 2.05) is 24.4 Å². The number of ether oxygens (including phenoxy) is 1. The Morgan fingerprint density at radius 3 is 2.07 bits per heavy atom. The molecule has 0 spiro atoms. The Bertz CT molecular complexity index is 1240. The van der Waals surface area contributed by atoms with E-state index in [4.69, 9.17) is 4.74 Å². The van der Waals surface area contributed by atoms with Crippen molar-refractivity contribution >= 4 is 33.8 Å². The summed E-state index contributed by atoms with van der Waals surface area (Å²) in [6.45, 7) is 0. The number of fused-ring (bicyclic) bond motifs is 3. The molecule has 0 saturated heterocycles. The predicted molar refractivity (Wildman–Crippen MR) is 114 cm³/mol. The zero-order valence-corrected chi connectivity index (χ0v) is 16.6. The summed E-state index contributed by atoms with van der Waals surface area (Å²) in [6.07, 6.45) is 1.87. The van der Waals surface area contributed by atoms with Gasteiger partial charge in [-0.15, -0.1) is 0 Å². The second kappa shape index (κ2) is 6.70. The third-order valence-electron chi connectivity index (χ3n) is 4.87. The zero-order valence-electron chi connectivity index (χ0n) is 14.8. The Morgan fingerprint density at radius 2 is 1.41 bits per heavy atom. The topological polar surface area (TPSA) is 22.1 Å². The molecule has 0 aliphatic carbocycles. The molecule has 0 aliphatic heterocycles. The van der Waals surface area contributed by atoms with Crippen LogP contribution in [0.15, 0.2) is 85.1 Å². The van der Waals surface area contributed by atoms with Crippen molar-refractivity contribution < 1.29 is 4.74 Å². The molecular weight excluding hydrogens is 397 g/mol. The molecule has 5 aromatic rings. The van der Waals surface area contributed by atoms with Crippen LogP contribution in [0.2, 0.25) is 0 Å². The van der Waals surface area contributed by atoms with Crippen LogP contribution in [0.3, 0.4) is 0 Å². The van der Waals surface area contributed by atoms with Gasteiger partial charge in [-0.2, -0.15) is 0 Å². The van der Waals surface area contributed by atoms with Gasteiger partial charge in [0, 0.05) is 0 Å². The molecule has 2 nitrogen and oxygen atoms in total. The second-order valence-electron chi connectivity index (χ2n) is 6.41. The summed E-state index contributed by atoms with van der Waals surface area (Å²) >= 11 is 0.245. The molecule has 0 N–H and O–H groups in total. The van der Waals surface area contributed by atoms with Crippen LogP contribution in [0.4, 0.5) is 0 Å². The van der Waals surface area contributed by atoms with E-state index in [-0.39, 0.29) is 14.5 Å². The van der Waals surface area contributed by atoms with Gasteiger partial charge >= 0.3 is 164 Å². The third kappa shape index (κ3) is 2.76. The molecule has 2 heterocycles. The minimum atomic E-state index is 0.245. The van der Waals surface area contributed by atoms with Crippen molar-refractivity contribution in [1.82, 2.24) is 4.98 Å². The quantitative estimate of drug-likeness (QED) is 0.349. The van der Waals surface area contributed by atoms with Crippen LogP contribution in [-0.2, 0) is 0 Å². The van der Waals surface area contributed by atoms with E-state index in [0.717, 1.165) is 11.4 Å². The number of hydrogen-bond acceptors (Lipinski definition) is 2. The monoisotopic (exact) mass is 415 g/mol. The van der Waals surface area contributed by atoms with Gasteiger partial charge in [0.25, 0.3) is 0 Å².